The summed E-state index contributed by atoms with van der Waals surface area (Å²) in [5.41, 5.74) is 0.306. The van der Waals surface area contributed by atoms with Gasteiger partial charge in [0.2, 0.25) is 5.91 Å². The summed E-state index contributed by atoms with van der Waals surface area (Å²) in [5.74, 6) is -0.362. The fourth-order valence-electron chi connectivity index (χ4n) is 2.64. The predicted molar refractivity (Wildman–Crippen MR) is 97.7 cm³/mol. The number of urea groups is 1. The number of piperidine rings is 1. The predicted octanol–water partition coefficient (Wildman–Crippen LogP) is 1.57. The summed E-state index contributed by atoms with van der Waals surface area (Å²) in [6, 6.07) is 1.45. The molecule has 0 aromatic carbocycles. The second-order valence-corrected chi connectivity index (χ2v) is 8.07. The van der Waals surface area contributed by atoms with E-state index in [1.807, 2.05) is 42.5 Å². The molecule has 0 radical (unpaired) electrons. The van der Waals surface area contributed by atoms with Gasteiger partial charge in [0.25, 0.3) is 5.91 Å². The summed E-state index contributed by atoms with van der Waals surface area (Å²) < 4.78 is 0. The van der Waals surface area contributed by atoms with Crippen LogP contribution in [0.15, 0.2) is 16.8 Å². The first-order valence-electron chi connectivity index (χ1n) is 8.40. The second-order valence-electron chi connectivity index (χ2n) is 7.29. The number of carbonyl (C=O) groups excluding carboxylic acids is 3. The van der Waals surface area contributed by atoms with Gasteiger partial charge in [-0.1, -0.05) is 0 Å². The molecule has 8 heteroatoms. The van der Waals surface area contributed by atoms with Crippen molar-refractivity contribution in [3.8, 4) is 0 Å². The van der Waals surface area contributed by atoms with Crippen LogP contribution in [0.2, 0.25) is 0 Å². The van der Waals surface area contributed by atoms with E-state index in [1.54, 1.807) is 0 Å². The van der Waals surface area contributed by atoms with Gasteiger partial charge in [-0.05, 0) is 45.1 Å². The highest BCUT2D eigenvalue weighted by molar-refractivity contribution is 7.08. The molecule has 0 aliphatic carbocycles. The molecule has 1 aromatic heterocycles. The molecule has 0 bridgehead atoms. The number of imide groups is 1. The van der Waals surface area contributed by atoms with Crippen molar-refractivity contribution in [2.24, 2.45) is 0 Å². The van der Waals surface area contributed by atoms with Crippen LogP contribution in [0, 0.1) is 0 Å². The lowest BCUT2D eigenvalue weighted by Gasteiger charge is -2.31. The number of likely N-dealkylation sites (tertiary alicyclic amines) is 1. The molecule has 2 rings (SSSR count). The van der Waals surface area contributed by atoms with Gasteiger partial charge in [0, 0.05) is 35.6 Å². The molecule has 3 N–H and O–H groups in total. The van der Waals surface area contributed by atoms with Gasteiger partial charge in [0.1, 0.15) is 0 Å². The van der Waals surface area contributed by atoms with Crippen LogP contribution in [0.1, 0.15) is 44.0 Å². The lowest BCUT2D eigenvalue weighted by molar-refractivity contribution is -0.121. The highest BCUT2D eigenvalue weighted by Crippen LogP contribution is 2.12. The molecule has 0 unspecified atom stereocenters. The van der Waals surface area contributed by atoms with Crippen molar-refractivity contribution in [1.82, 2.24) is 20.9 Å². The minimum Gasteiger partial charge on any atom is -0.349 e. The molecule has 0 spiro atoms. The summed E-state index contributed by atoms with van der Waals surface area (Å²) in [5, 5.41) is 11.8. The third-order valence-electron chi connectivity index (χ3n) is 3.81. The van der Waals surface area contributed by atoms with E-state index in [2.05, 4.69) is 16.0 Å². The summed E-state index contributed by atoms with van der Waals surface area (Å²) in [6.45, 7) is 7.17. The quantitative estimate of drug-likeness (QED) is 0.754. The number of carbonyl (C=O) groups is 3. The van der Waals surface area contributed by atoms with Gasteiger partial charge >= 0.3 is 6.03 Å². The van der Waals surface area contributed by atoms with E-state index in [0.29, 0.717) is 18.7 Å². The second kappa shape index (κ2) is 8.44. The highest BCUT2D eigenvalue weighted by Gasteiger charge is 2.23. The Morgan fingerprint density at radius 2 is 1.92 bits per heavy atom. The maximum absolute atomic E-state index is 12.0. The number of hydrogen-bond donors (Lipinski definition) is 3. The maximum atomic E-state index is 12.0. The van der Waals surface area contributed by atoms with Crippen LogP contribution in [0.25, 0.3) is 0 Å². The fourth-order valence-corrected chi connectivity index (χ4v) is 3.27. The first kappa shape index (κ1) is 19.4. The maximum Gasteiger partial charge on any atom is 0.321 e. The van der Waals surface area contributed by atoms with Crippen LogP contribution in [0.5, 0.6) is 0 Å². The van der Waals surface area contributed by atoms with E-state index >= 15 is 0 Å². The smallest absolute Gasteiger partial charge is 0.321 e. The van der Waals surface area contributed by atoms with Gasteiger partial charge < -0.3 is 10.6 Å². The highest BCUT2D eigenvalue weighted by atomic mass is 32.1. The van der Waals surface area contributed by atoms with Gasteiger partial charge in [0.15, 0.2) is 0 Å². The van der Waals surface area contributed by atoms with Crippen LogP contribution in [0.3, 0.4) is 0 Å². The van der Waals surface area contributed by atoms with Crippen molar-refractivity contribution in [3.05, 3.63) is 22.4 Å². The summed E-state index contributed by atoms with van der Waals surface area (Å²) >= 11 is 1.50. The molecule has 138 valence electrons. The van der Waals surface area contributed by atoms with Gasteiger partial charge in [-0.15, -0.1) is 0 Å². The van der Waals surface area contributed by atoms with E-state index in [0.717, 1.165) is 12.8 Å². The Morgan fingerprint density at radius 1 is 1.24 bits per heavy atom. The molecule has 7 nitrogen and oxygen atoms in total. The molecular weight excluding hydrogens is 340 g/mol. The lowest BCUT2D eigenvalue weighted by atomic mass is 10.0. The van der Waals surface area contributed by atoms with E-state index in [9.17, 15) is 14.4 Å². The fraction of sp³-hybridized carbons (Fsp3) is 0.588. The van der Waals surface area contributed by atoms with Gasteiger partial charge in [-0.3, -0.25) is 19.8 Å². The average molecular weight is 366 g/mol. The molecule has 1 saturated heterocycles. The lowest BCUT2D eigenvalue weighted by Crippen LogP contribution is -2.52. The zero-order chi connectivity index (χ0) is 18.4. The average Bonchev–Trinajstić information content (AvgIpc) is 3.01. The standard InChI is InChI=1S/C17H26N4O3S/c1-17(2,3)20-16(24)19-14(22)10-21-7-4-13(5-8-21)18-15(23)12-6-9-25-11-12/h6,9,11,13H,4-5,7-8,10H2,1-3H3,(H,18,23)(H2,19,20,22,24). The zero-order valence-corrected chi connectivity index (χ0v) is 15.7. The summed E-state index contributed by atoms with van der Waals surface area (Å²) in [7, 11) is 0. The third kappa shape index (κ3) is 6.83. The van der Waals surface area contributed by atoms with Crippen molar-refractivity contribution >= 4 is 29.2 Å². The Hall–Kier alpha value is -1.93. The van der Waals surface area contributed by atoms with Crippen LogP contribution < -0.4 is 16.0 Å². The zero-order valence-electron chi connectivity index (χ0n) is 14.9. The van der Waals surface area contributed by atoms with E-state index in [-0.39, 0.29) is 29.9 Å². The van der Waals surface area contributed by atoms with E-state index < -0.39 is 6.03 Å². The minimum absolute atomic E-state index is 0.0451. The third-order valence-corrected chi connectivity index (χ3v) is 4.50. The molecule has 4 amide bonds. The SMILES string of the molecule is CC(C)(C)NC(=O)NC(=O)CN1CCC(NC(=O)c2ccsc2)CC1. The van der Waals surface area contributed by atoms with Crippen molar-refractivity contribution in [2.75, 3.05) is 19.6 Å². The van der Waals surface area contributed by atoms with Crippen molar-refractivity contribution in [2.45, 2.75) is 45.2 Å². The largest absolute Gasteiger partial charge is 0.349 e. The number of nitrogens with zero attached hydrogens (tertiary/aromatic N) is 1. The van der Waals surface area contributed by atoms with Crippen molar-refractivity contribution in [3.63, 3.8) is 0 Å². The molecule has 0 atom stereocenters. The number of amides is 4. The topological polar surface area (TPSA) is 90.5 Å². The molecule has 1 fully saturated rings. The molecule has 25 heavy (non-hydrogen) atoms. The first-order valence-corrected chi connectivity index (χ1v) is 9.34. The summed E-state index contributed by atoms with van der Waals surface area (Å²) in [4.78, 5) is 37.7. The van der Waals surface area contributed by atoms with E-state index in [1.165, 1.54) is 11.3 Å². The Balaban J connectivity index is 1.69. The molecule has 1 aromatic rings. The normalized spacial score (nSPS) is 16.3. The first-order chi connectivity index (χ1) is 11.7. The van der Waals surface area contributed by atoms with Gasteiger partial charge in [0.05, 0.1) is 6.54 Å². The Labute approximate surface area is 152 Å². The van der Waals surface area contributed by atoms with Crippen molar-refractivity contribution < 1.29 is 14.4 Å². The van der Waals surface area contributed by atoms with Crippen LogP contribution >= 0.6 is 11.3 Å². The molecule has 0 saturated carbocycles. The monoisotopic (exact) mass is 366 g/mol. The van der Waals surface area contributed by atoms with Crippen LogP contribution in [0.4, 0.5) is 4.79 Å². The van der Waals surface area contributed by atoms with Crippen LogP contribution in [-0.2, 0) is 4.79 Å². The minimum atomic E-state index is -0.476. The van der Waals surface area contributed by atoms with Gasteiger partial charge in [-0.25, -0.2) is 4.79 Å². The Morgan fingerprint density at radius 3 is 2.48 bits per heavy atom. The van der Waals surface area contributed by atoms with E-state index in [4.69, 9.17) is 0 Å². The number of hydrogen-bond acceptors (Lipinski definition) is 5. The molecule has 1 aliphatic heterocycles. The number of rotatable bonds is 4. The molecule has 2 heterocycles. The summed E-state index contributed by atoms with van der Waals surface area (Å²) in [6.07, 6.45) is 1.58. The molecular formula is C17H26N4O3S. The Bertz CT molecular complexity index is 602. The van der Waals surface area contributed by atoms with Gasteiger partial charge in [-0.2, -0.15) is 11.3 Å². The number of thiophene rings is 1. The van der Waals surface area contributed by atoms with Crippen molar-refractivity contribution in [1.29, 1.82) is 0 Å². The van der Waals surface area contributed by atoms with Crippen LogP contribution in [-0.4, -0.2) is 54.0 Å². The number of nitrogens with one attached hydrogen (secondary N) is 3. The Kier molecular flexibility index (Phi) is 6.55. The molecule has 1 aliphatic rings.